The number of nitrogens with two attached hydrogens (primary N) is 1. The highest BCUT2D eigenvalue weighted by atomic mass is 79.9. The number of amides is 2. The van der Waals surface area contributed by atoms with E-state index in [1.807, 2.05) is 24.3 Å². The van der Waals surface area contributed by atoms with Crippen molar-refractivity contribution in [2.45, 2.75) is 0 Å². The van der Waals surface area contributed by atoms with Crippen LogP contribution in [-0.2, 0) is 0 Å². The summed E-state index contributed by atoms with van der Waals surface area (Å²) < 4.78 is 2.17. The van der Waals surface area contributed by atoms with Crippen LogP contribution in [0.15, 0.2) is 57.8 Å². The van der Waals surface area contributed by atoms with Crippen LogP contribution >= 0.6 is 15.9 Å². The van der Waals surface area contributed by atoms with E-state index in [0.717, 1.165) is 16.1 Å². The normalized spacial score (nSPS) is 13.0. The molecule has 0 saturated heterocycles. The van der Waals surface area contributed by atoms with Crippen LogP contribution in [0.1, 0.15) is 20.7 Å². The Morgan fingerprint density at radius 3 is 2.48 bits per heavy atom. The Kier molecular flexibility index (Phi) is 3.68. The van der Waals surface area contributed by atoms with Gasteiger partial charge in [-0.25, -0.2) is 4.98 Å². The fourth-order valence-electron chi connectivity index (χ4n) is 3.43. The Balaban J connectivity index is 1.66. The van der Waals surface area contributed by atoms with E-state index in [2.05, 4.69) is 31.2 Å². The van der Waals surface area contributed by atoms with Crippen molar-refractivity contribution in [3.63, 3.8) is 0 Å². The van der Waals surface area contributed by atoms with Crippen molar-refractivity contribution in [2.24, 2.45) is 0 Å². The van der Waals surface area contributed by atoms with Gasteiger partial charge in [0.05, 0.1) is 27.8 Å². The first-order valence-corrected chi connectivity index (χ1v) is 9.39. The lowest BCUT2D eigenvalue weighted by Gasteiger charge is -2.11. The zero-order valence-electron chi connectivity index (χ0n) is 14.7. The third-order valence-corrected chi connectivity index (χ3v) is 5.32. The molecule has 29 heavy (non-hydrogen) atoms. The molecule has 5 rings (SSSR count). The lowest BCUT2D eigenvalue weighted by molar-refractivity contribution is 0.0880. The van der Waals surface area contributed by atoms with Crippen LogP contribution in [0.4, 0.5) is 5.82 Å². The largest absolute Gasteiger partial charge is 0.384 e. The first-order valence-electron chi connectivity index (χ1n) is 8.59. The van der Waals surface area contributed by atoms with Crippen molar-refractivity contribution in [1.29, 1.82) is 0 Å². The molecule has 3 heterocycles. The van der Waals surface area contributed by atoms with Gasteiger partial charge in [0, 0.05) is 16.1 Å². The van der Waals surface area contributed by atoms with Crippen LogP contribution in [0.25, 0.3) is 28.1 Å². The zero-order chi connectivity index (χ0) is 20.3. The fourth-order valence-corrected chi connectivity index (χ4v) is 3.69. The average Bonchev–Trinajstić information content (AvgIpc) is 3.23. The second kappa shape index (κ2) is 6.14. The fraction of sp³-hybridized carbons (Fsp3) is 0. The van der Waals surface area contributed by atoms with Crippen molar-refractivity contribution in [3.05, 3.63) is 74.5 Å². The number of aromatic amines is 1. The molecular weight excluding hydrogens is 438 g/mol. The van der Waals surface area contributed by atoms with E-state index < -0.39 is 17.4 Å². The lowest BCUT2D eigenvalue weighted by atomic mass is 10.1. The van der Waals surface area contributed by atoms with E-state index in [-0.39, 0.29) is 16.9 Å². The number of halogens is 1. The van der Waals surface area contributed by atoms with Crippen LogP contribution < -0.4 is 16.6 Å². The van der Waals surface area contributed by atoms with Gasteiger partial charge in [-0.15, -0.1) is 0 Å². The maximum Gasteiger partial charge on any atom is 0.262 e. The number of H-pyrrole nitrogens is 1. The van der Waals surface area contributed by atoms with Gasteiger partial charge in [-0.05, 0) is 30.3 Å². The summed E-state index contributed by atoms with van der Waals surface area (Å²) in [6, 6.07) is 14.0. The standard InChI is InChI=1S/C20H12BrN5O3/c21-10-3-1-9(2-4-10)18-23-13-6-5-11(7-14(13)24-18)26-15(27)8-12-16(17(26)22)20(29)25-19(12)28/h1-8H,22H2,(H,23,24)(H,25,28,29). The summed E-state index contributed by atoms with van der Waals surface area (Å²) in [7, 11) is 0. The number of nitrogens with one attached hydrogen (secondary N) is 2. The van der Waals surface area contributed by atoms with E-state index >= 15 is 0 Å². The number of hydrogen-bond donors (Lipinski definition) is 3. The molecule has 0 saturated carbocycles. The smallest absolute Gasteiger partial charge is 0.262 e. The predicted octanol–water partition coefficient (Wildman–Crippen LogP) is 2.61. The molecule has 4 N–H and O–H groups in total. The Labute approximate surface area is 171 Å². The number of imidazole rings is 1. The summed E-state index contributed by atoms with van der Waals surface area (Å²) >= 11 is 3.41. The van der Waals surface area contributed by atoms with E-state index in [0.29, 0.717) is 22.5 Å². The molecule has 2 aromatic carbocycles. The van der Waals surface area contributed by atoms with E-state index in [1.165, 1.54) is 4.57 Å². The number of fused-ring (bicyclic) bond motifs is 2. The minimum Gasteiger partial charge on any atom is -0.384 e. The van der Waals surface area contributed by atoms with Crippen molar-refractivity contribution in [2.75, 3.05) is 5.73 Å². The molecule has 8 nitrogen and oxygen atoms in total. The maximum atomic E-state index is 12.6. The number of carbonyl (C=O) groups is 2. The molecule has 4 aromatic rings. The highest BCUT2D eigenvalue weighted by molar-refractivity contribution is 9.10. The van der Waals surface area contributed by atoms with Crippen LogP contribution in [0.3, 0.4) is 0 Å². The van der Waals surface area contributed by atoms with Crippen molar-refractivity contribution >= 4 is 44.6 Å². The minimum absolute atomic E-state index is 0.00565. The zero-order valence-corrected chi connectivity index (χ0v) is 16.3. The molecular formula is C20H12BrN5O3. The molecule has 9 heteroatoms. The van der Waals surface area contributed by atoms with E-state index in [9.17, 15) is 14.4 Å². The summed E-state index contributed by atoms with van der Waals surface area (Å²) in [5.74, 6) is -0.632. The Morgan fingerprint density at radius 1 is 0.966 bits per heavy atom. The number of hydrogen-bond acceptors (Lipinski definition) is 5. The van der Waals surface area contributed by atoms with Gasteiger partial charge in [0.15, 0.2) is 0 Å². The third kappa shape index (κ3) is 2.66. The summed E-state index contributed by atoms with van der Waals surface area (Å²) in [4.78, 5) is 44.3. The van der Waals surface area contributed by atoms with Gasteiger partial charge in [-0.2, -0.15) is 0 Å². The number of carbonyl (C=O) groups excluding carboxylic acids is 2. The number of aromatic nitrogens is 3. The molecule has 0 unspecified atom stereocenters. The highest BCUT2D eigenvalue weighted by Crippen LogP contribution is 2.26. The molecule has 0 atom stereocenters. The number of nitrogen functional groups attached to an aromatic ring is 1. The predicted molar refractivity (Wildman–Crippen MR) is 111 cm³/mol. The molecule has 2 aromatic heterocycles. The topological polar surface area (TPSA) is 123 Å². The molecule has 2 amide bonds. The summed E-state index contributed by atoms with van der Waals surface area (Å²) in [6.07, 6.45) is 0. The van der Waals surface area contributed by atoms with E-state index in [4.69, 9.17) is 5.73 Å². The number of pyridine rings is 1. The molecule has 1 aliphatic heterocycles. The molecule has 1 aliphatic rings. The molecule has 0 radical (unpaired) electrons. The molecule has 0 aliphatic carbocycles. The lowest BCUT2D eigenvalue weighted by Crippen LogP contribution is -2.24. The van der Waals surface area contributed by atoms with Gasteiger partial charge < -0.3 is 10.7 Å². The van der Waals surface area contributed by atoms with Crippen LogP contribution in [-0.4, -0.2) is 26.3 Å². The SMILES string of the molecule is Nc1c2c(cc(=O)n1-c1ccc3nc(-c4ccc(Br)cc4)[nH]c3c1)C(=O)NC2=O. The van der Waals surface area contributed by atoms with Gasteiger partial charge in [-0.3, -0.25) is 24.3 Å². The maximum absolute atomic E-state index is 12.6. The quantitative estimate of drug-likeness (QED) is 0.405. The van der Waals surface area contributed by atoms with Gasteiger partial charge in [0.1, 0.15) is 11.6 Å². The second-order valence-corrected chi connectivity index (χ2v) is 7.48. The van der Waals surface area contributed by atoms with Gasteiger partial charge >= 0.3 is 0 Å². The summed E-state index contributed by atoms with van der Waals surface area (Å²) in [5.41, 5.74) is 8.38. The Morgan fingerprint density at radius 2 is 1.72 bits per heavy atom. The van der Waals surface area contributed by atoms with Crippen molar-refractivity contribution < 1.29 is 9.59 Å². The number of benzene rings is 2. The minimum atomic E-state index is -0.621. The van der Waals surface area contributed by atoms with E-state index in [1.54, 1.807) is 18.2 Å². The number of rotatable bonds is 2. The van der Waals surface area contributed by atoms with Crippen molar-refractivity contribution in [3.8, 4) is 17.1 Å². The highest BCUT2D eigenvalue weighted by Gasteiger charge is 2.31. The van der Waals surface area contributed by atoms with Crippen LogP contribution in [0, 0.1) is 0 Å². The Bertz CT molecular complexity index is 1400. The average molecular weight is 450 g/mol. The first-order chi connectivity index (χ1) is 13.9. The summed E-state index contributed by atoms with van der Waals surface area (Å²) in [6.45, 7) is 0. The molecule has 0 spiro atoms. The number of nitrogens with zero attached hydrogens (tertiary/aromatic N) is 2. The third-order valence-electron chi connectivity index (χ3n) is 4.79. The van der Waals surface area contributed by atoms with Crippen LogP contribution in [0.2, 0.25) is 0 Å². The van der Waals surface area contributed by atoms with Crippen LogP contribution in [0.5, 0.6) is 0 Å². The summed E-state index contributed by atoms with van der Waals surface area (Å²) in [5, 5.41) is 2.15. The molecule has 0 bridgehead atoms. The number of imide groups is 1. The van der Waals surface area contributed by atoms with Gasteiger partial charge in [0.25, 0.3) is 17.4 Å². The van der Waals surface area contributed by atoms with Gasteiger partial charge in [-0.1, -0.05) is 28.1 Å². The van der Waals surface area contributed by atoms with Gasteiger partial charge in [0.2, 0.25) is 0 Å². The Hall–Kier alpha value is -3.72. The first kappa shape index (κ1) is 17.4. The molecule has 142 valence electrons. The molecule has 0 fully saturated rings. The number of anilines is 1. The monoisotopic (exact) mass is 449 g/mol. The van der Waals surface area contributed by atoms with Crippen molar-refractivity contribution in [1.82, 2.24) is 19.9 Å². The second-order valence-electron chi connectivity index (χ2n) is 6.57.